The van der Waals surface area contributed by atoms with Crippen molar-refractivity contribution in [2.75, 3.05) is 5.32 Å². The molecule has 0 heterocycles. The molecule has 2 rings (SSSR count). The number of sulfonamides is 1. The number of amides is 1. The number of carbonyl (C=O) groups is 2. The van der Waals surface area contributed by atoms with Crippen LogP contribution < -0.4 is 10.5 Å². The van der Waals surface area contributed by atoms with E-state index in [4.69, 9.17) is 21.5 Å². The molecule has 0 bridgehead atoms. The van der Waals surface area contributed by atoms with Crippen LogP contribution >= 0.6 is 11.6 Å². The van der Waals surface area contributed by atoms with Gasteiger partial charge in [0, 0.05) is 5.69 Å². The van der Waals surface area contributed by atoms with Gasteiger partial charge in [-0.05, 0) is 37.3 Å². The van der Waals surface area contributed by atoms with Crippen molar-refractivity contribution < 1.29 is 31.5 Å². The number of ether oxygens (including phenoxy) is 1. The highest BCUT2D eigenvalue weighted by Crippen LogP contribution is 2.21. The van der Waals surface area contributed by atoms with Crippen molar-refractivity contribution in [2.24, 2.45) is 5.14 Å². The van der Waals surface area contributed by atoms with E-state index in [1.165, 1.54) is 25.1 Å². The molecule has 0 spiro atoms. The molecule has 0 saturated carbocycles. The number of hydrogen-bond acceptors (Lipinski definition) is 5. The highest BCUT2D eigenvalue weighted by atomic mass is 35.5. The van der Waals surface area contributed by atoms with Crippen LogP contribution in [0.1, 0.15) is 17.3 Å². The second-order valence-electron chi connectivity index (χ2n) is 5.36. The summed E-state index contributed by atoms with van der Waals surface area (Å²) in [5.74, 6) is -4.48. The number of primary sulfonamides is 1. The lowest BCUT2D eigenvalue weighted by atomic mass is 10.2. The number of anilines is 1. The summed E-state index contributed by atoms with van der Waals surface area (Å²) in [6, 6.07) is 6.27. The lowest BCUT2D eigenvalue weighted by molar-refractivity contribution is -0.123. The van der Waals surface area contributed by atoms with Gasteiger partial charge in [-0.3, -0.25) is 4.79 Å². The summed E-state index contributed by atoms with van der Waals surface area (Å²) in [5.41, 5.74) is -0.355. The van der Waals surface area contributed by atoms with E-state index in [0.29, 0.717) is 12.1 Å². The van der Waals surface area contributed by atoms with E-state index in [1.54, 1.807) is 0 Å². The third-order valence-corrected chi connectivity index (χ3v) is 4.54. The van der Waals surface area contributed by atoms with Gasteiger partial charge in [-0.15, -0.1) is 0 Å². The molecule has 0 aromatic heterocycles. The molecule has 0 aliphatic rings. The van der Waals surface area contributed by atoms with Gasteiger partial charge < -0.3 is 10.1 Å². The van der Waals surface area contributed by atoms with Gasteiger partial charge in [-0.2, -0.15) is 0 Å². The van der Waals surface area contributed by atoms with Crippen molar-refractivity contribution in [3.05, 3.63) is 58.6 Å². The molecule has 1 unspecified atom stereocenters. The number of esters is 1. The minimum absolute atomic E-state index is 0.0975. The Morgan fingerprint density at radius 3 is 2.44 bits per heavy atom. The van der Waals surface area contributed by atoms with E-state index >= 15 is 0 Å². The van der Waals surface area contributed by atoms with Crippen LogP contribution in [-0.4, -0.2) is 26.4 Å². The Morgan fingerprint density at radius 1 is 1.19 bits per heavy atom. The zero-order valence-corrected chi connectivity index (χ0v) is 15.3. The molecule has 27 heavy (non-hydrogen) atoms. The minimum atomic E-state index is -3.97. The van der Waals surface area contributed by atoms with E-state index in [9.17, 15) is 26.8 Å². The number of rotatable bonds is 5. The van der Waals surface area contributed by atoms with Crippen LogP contribution in [-0.2, 0) is 19.6 Å². The lowest BCUT2D eigenvalue weighted by Crippen LogP contribution is -2.30. The smallest absolute Gasteiger partial charge is 0.340 e. The van der Waals surface area contributed by atoms with Crippen LogP contribution in [0.3, 0.4) is 0 Å². The second-order valence-corrected chi connectivity index (χ2v) is 7.32. The predicted octanol–water partition coefficient (Wildman–Crippen LogP) is 2.45. The zero-order valence-electron chi connectivity index (χ0n) is 13.7. The second kappa shape index (κ2) is 7.99. The van der Waals surface area contributed by atoms with E-state index in [1.807, 2.05) is 0 Å². The summed E-state index contributed by atoms with van der Waals surface area (Å²) in [5, 5.41) is 6.96. The predicted molar refractivity (Wildman–Crippen MR) is 92.7 cm³/mol. The first kappa shape index (κ1) is 20.7. The molecule has 2 aromatic rings. The average Bonchev–Trinajstić information content (AvgIpc) is 2.57. The quantitative estimate of drug-likeness (QED) is 0.571. The fourth-order valence-corrected chi connectivity index (χ4v) is 2.74. The highest BCUT2D eigenvalue weighted by molar-refractivity contribution is 7.89. The Balaban J connectivity index is 2.10. The van der Waals surface area contributed by atoms with Crippen molar-refractivity contribution in [3.8, 4) is 0 Å². The average molecular weight is 419 g/mol. The zero-order chi connectivity index (χ0) is 20.4. The van der Waals surface area contributed by atoms with Gasteiger partial charge in [-0.1, -0.05) is 17.7 Å². The van der Waals surface area contributed by atoms with Crippen molar-refractivity contribution in [2.45, 2.75) is 17.9 Å². The van der Waals surface area contributed by atoms with Gasteiger partial charge in [0.2, 0.25) is 10.0 Å². The van der Waals surface area contributed by atoms with Gasteiger partial charge in [0.25, 0.3) is 5.91 Å². The number of halogens is 3. The number of nitrogens with two attached hydrogens (primary N) is 1. The molecule has 1 amide bonds. The fourth-order valence-electron chi connectivity index (χ4n) is 1.95. The summed E-state index contributed by atoms with van der Waals surface area (Å²) >= 11 is 5.67. The number of hydrogen-bond donors (Lipinski definition) is 2. The Morgan fingerprint density at radius 2 is 1.81 bits per heavy atom. The maximum Gasteiger partial charge on any atom is 0.340 e. The summed E-state index contributed by atoms with van der Waals surface area (Å²) in [4.78, 5) is 23.9. The van der Waals surface area contributed by atoms with Crippen LogP contribution in [0.5, 0.6) is 0 Å². The van der Waals surface area contributed by atoms with E-state index < -0.39 is 45.2 Å². The SMILES string of the molecule is CC(OC(=O)c1cc(F)c(F)cc1Cl)C(=O)Nc1cccc(S(N)(=O)=O)c1. The Hall–Kier alpha value is -2.56. The standard InChI is InChI=1S/C16H13ClF2N2O5S/c1-8(26-16(23)11-6-13(18)14(19)7-12(11)17)15(22)21-9-3-2-4-10(5-9)27(20,24)25/h2-8H,1H3,(H,21,22)(H2,20,24,25). The van der Waals surface area contributed by atoms with Gasteiger partial charge in [0.05, 0.1) is 15.5 Å². The molecular formula is C16H13ClF2N2O5S. The first-order chi connectivity index (χ1) is 12.5. The van der Waals surface area contributed by atoms with E-state index in [0.717, 1.165) is 6.07 Å². The molecule has 3 N–H and O–H groups in total. The molecular weight excluding hydrogens is 406 g/mol. The van der Waals surface area contributed by atoms with Crippen LogP contribution in [0, 0.1) is 11.6 Å². The van der Waals surface area contributed by atoms with Crippen molar-refractivity contribution >= 4 is 39.2 Å². The summed E-state index contributed by atoms with van der Waals surface area (Å²) in [6.45, 7) is 1.23. The normalized spacial score (nSPS) is 12.3. The van der Waals surface area contributed by atoms with Crippen LogP contribution in [0.2, 0.25) is 5.02 Å². The molecule has 0 saturated heterocycles. The maximum atomic E-state index is 13.3. The topological polar surface area (TPSA) is 116 Å². The molecule has 11 heteroatoms. The van der Waals surface area contributed by atoms with Crippen molar-refractivity contribution in [3.63, 3.8) is 0 Å². The van der Waals surface area contributed by atoms with Gasteiger partial charge in [0.1, 0.15) is 0 Å². The van der Waals surface area contributed by atoms with Gasteiger partial charge >= 0.3 is 5.97 Å². The van der Waals surface area contributed by atoms with Crippen LogP contribution in [0.4, 0.5) is 14.5 Å². The molecule has 1 atom stereocenters. The minimum Gasteiger partial charge on any atom is -0.449 e. The monoisotopic (exact) mass is 418 g/mol. The maximum absolute atomic E-state index is 13.3. The largest absolute Gasteiger partial charge is 0.449 e. The van der Waals surface area contributed by atoms with E-state index in [-0.39, 0.29) is 15.6 Å². The number of benzene rings is 2. The Bertz CT molecular complexity index is 1010. The number of nitrogens with one attached hydrogen (secondary N) is 1. The van der Waals surface area contributed by atoms with E-state index in [2.05, 4.69) is 5.32 Å². The number of carbonyl (C=O) groups excluding carboxylic acids is 2. The van der Waals surface area contributed by atoms with Gasteiger partial charge in [0.15, 0.2) is 17.7 Å². The highest BCUT2D eigenvalue weighted by Gasteiger charge is 2.22. The van der Waals surface area contributed by atoms with Crippen molar-refractivity contribution in [1.29, 1.82) is 0 Å². The van der Waals surface area contributed by atoms with Crippen LogP contribution in [0.25, 0.3) is 0 Å². The lowest BCUT2D eigenvalue weighted by Gasteiger charge is -2.14. The molecule has 0 aliphatic carbocycles. The molecule has 2 aromatic carbocycles. The van der Waals surface area contributed by atoms with Crippen molar-refractivity contribution in [1.82, 2.24) is 0 Å². The first-order valence-corrected chi connectivity index (χ1v) is 9.20. The summed E-state index contributed by atoms with van der Waals surface area (Å²) < 4.78 is 53.8. The third kappa shape index (κ3) is 5.22. The van der Waals surface area contributed by atoms with Gasteiger partial charge in [-0.25, -0.2) is 27.1 Å². The first-order valence-electron chi connectivity index (χ1n) is 7.28. The summed E-state index contributed by atoms with van der Waals surface area (Å²) in [6.07, 6.45) is -1.35. The molecule has 7 nitrogen and oxygen atoms in total. The van der Waals surface area contributed by atoms with Crippen LogP contribution in [0.15, 0.2) is 41.3 Å². The Labute approximate surface area is 158 Å². The molecule has 0 aliphatic heterocycles. The Kier molecular flexibility index (Phi) is 6.14. The summed E-state index contributed by atoms with van der Waals surface area (Å²) in [7, 11) is -3.97. The molecule has 144 valence electrons. The molecule has 0 fully saturated rings. The molecule has 0 radical (unpaired) electrons. The third-order valence-electron chi connectivity index (χ3n) is 3.31. The fraction of sp³-hybridized carbons (Fsp3) is 0.125.